The third-order valence-electron chi connectivity index (χ3n) is 4.38. The monoisotopic (exact) mass is 407 g/mol. The number of aryl methyl sites for hydroxylation is 2. The van der Waals surface area contributed by atoms with Gasteiger partial charge in [0.15, 0.2) is 0 Å². The highest BCUT2D eigenvalue weighted by molar-refractivity contribution is 7.99. The van der Waals surface area contributed by atoms with Crippen LogP contribution in [0.3, 0.4) is 0 Å². The molecule has 0 saturated carbocycles. The predicted molar refractivity (Wildman–Crippen MR) is 103 cm³/mol. The zero-order valence-corrected chi connectivity index (χ0v) is 15.7. The van der Waals surface area contributed by atoms with Gasteiger partial charge in [-0.25, -0.2) is 4.98 Å². The van der Waals surface area contributed by atoms with Crippen LogP contribution in [0.1, 0.15) is 16.9 Å². The van der Waals surface area contributed by atoms with Crippen LogP contribution in [0.25, 0.3) is 10.2 Å². The van der Waals surface area contributed by atoms with E-state index in [4.69, 9.17) is 0 Å². The Balaban J connectivity index is 1.57. The molecule has 4 rings (SSSR count). The van der Waals surface area contributed by atoms with Gasteiger partial charge >= 0.3 is 0 Å². The first-order chi connectivity index (χ1) is 13.0. The Kier molecular flexibility index (Phi) is 4.96. The zero-order chi connectivity index (χ0) is 19.0. The van der Waals surface area contributed by atoms with Crippen LogP contribution in [0, 0.1) is 0 Å². The number of aromatic nitrogens is 2. The number of hydrogen-bond donors (Lipinski definition) is 1. The van der Waals surface area contributed by atoms with Crippen LogP contribution in [-0.4, -0.2) is 21.2 Å². The van der Waals surface area contributed by atoms with Gasteiger partial charge in [0.2, 0.25) is 5.91 Å². The Morgan fingerprint density at radius 3 is 2.96 bits per heavy atom. The number of thiophene rings is 1. The normalized spacial score (nSPS) is 13.3. The summed E-state index contributed by atoms with van der Waals surface area (Å²) >= 11 is 1.91. The molecule has 27 heavy (non-hydrogen) atoms. The van der Waals surface area contributed by atoms with E-state index in [2.05, 4.69) is 10.3 Å². The number of rotatable bonds is 5. The maximum Gasteiger partial charge on any atom is 0.288 e. The molecule has 0 fully saturated rings. The quantitative estimate of drug-likeness (QED) is 0.652. The smallest absolute Gasteiger partial charge is 0.288 e. The number of hydrogen-bond acceptors (Lipinski definition) is 5. The second-order valence-electron chi connectivity index (χ2n) is 6.14. The van der Waals surface area contributed by atoms with Crippen molar-refractivity contribution in [3.8, 4) is 0 Å². The highest BCUT2D eigenvalue weighted by atomic mass is 32.2. The summed E-state index contributed by atoms with van der Waals surface area (Å²) in [5.41, 5.74) is 1.12. The van der Waals surface area contributed by atoms with Gasteiger partial charge in [0, 0.05) is 9.77 Å². The van der Waals surface area contributed by atoms with E-state index in [0.717, 1.165) is 24.8 Å². The topological polar surface area (TPSA) is 64.0 Å². The van der Waals surface area contributed by atoms with E-state index in [1.54, 1.807) is 18.2 Å². The highest BCUT2D eigenvalue weighted by Crippen LogP contribution is 2.34. The van der Waals surface area contributed by atoms with Gasteiger partial charge in [-0.3, -0.25) is 14.2 Å². The maximum absolute atomic E-state index is 12.8. The van der Waals surface area contributed by atoms with Gasteiger partial charge in [0.05, 0.1) is 17.4 Å². The standard InChI is InChI=1S/C18H15F2N3O2S2/c19-18(20)27-13-6-2-1-5-11(13)22-14(24)8-23-9-21-16-15(17(23)25)10-4-3-7-12(10)26-16/h1-2,5-6,9,18H,3-4,7-8H2,(H,22,24). The Morgan fingerprint density at radius 2 is 2.15 bits per heavy atom. The van der Waals surface area contributed by atoms with Gasteiger partial charge in [-0.05, 0) is 37.0 Å². The molecule has 0 spiro atoms. The van der Waals surface area contributed by atoms with E-state index in [-0.39, 0.29) is 17.0 Å². The average Bonchev–Trinajstić information content (AvgIpc) is 3.19. The first-order valence-electron chi connectivity index (χ1n) is 8.36. The number of halogens is 2. The maximum atomic E-state index is 12.8. The fraction of sp³-hybridized carbons (Fsp3) is 0.278. The van der Waals surface area contributed by atoms with Crippen LogP contribution in [-0.2, 0) is 24.2 Å². The van der Waals surface area contributed by atoms with Gasteiger partial charge in [-0.15, -0.1) is 11.3 Å². The van der Waals surface area contributed by atoms with E-state index < -0.39 is 11.7 Å². The summed E-state index contributed by atoms with van der Waals surface area (Å²) in [6, 6.07) is 6.35. The summed E-state index contributed by atoms with van der Waals surface area (Å²) in [5.74, 6) is -3.05. The zero-order valence-electron chi connectivity index (χ0n) is 14.1. The number of carbonyl (C=O) groups excluding carboxylic acids is 1. The number of carbonyl (C=O) groups is 1. The lowest BCUT2D eigenvalue weighted by Crippen LogP contribution is -2.28. The van der Waals surface area contributed by atoms with Crippen molar-refractivity contribution >= 4 is 44.9 Å². The first kappa shape index (κ1) is 18.1. The fourth-order valence-corrected chi connectivity index (χ4v) is 5.06. The summed E-state index contributed by atoms with van der Waals surface area (Å²) in [5, 5.41) is 3.22. The van der Waals surface area contributed by atoms with Crippen LogP contribution in [0.4, 0.5) is 14.5 Å². The summed E-state index contributed by atoms with van der Waals surface area (Å²) in [6.45, 7) is -0.222. The van der Waals surface area contributed by atoms with Crippen LogP contribution in [0.2, 0.25) is 0 Å². The van der Waals surface area contributed by atoms with Crippen molar-refractivity contribution in [2.24, 2.45) is 0 Å². The highest BCUT2D eigenvalue weighted by Gasteiger charge is 2.22. The van der Waals surface area contributed by atoms with E-state index in [0.29, 0.717) is 27.7 Å². The lowest BCUT2D eigenvalue weighted by Gasteiger charge is -2.11. The molecular weight excluding hydrogens is 392 g/mol. The van der Waals surface area contributed by atoms with Gasteiger partial charge in [-0.1, -0.05) is 23.9 Å². The minimum Gasteiger partial charge on any atom is -0.324 e. The van der Waals surface area contributed by atoms with Crippen LogP contribution in [0.15, 0.2) is 40.3 Å². The van der Waals surface area contributed by atoms with E-state index in [9.17, 15) is 18.4 Å². The number of alkyl halides is 2. The predicted octanol–water partition coefficient (Wildman–Crippen LogP) is 3.90. The summed E-state index contributed by atoms with van der Waals surface area (Å²) < 4.78 is 26.6. The van der Waals surface area contributed by atoms with Crippen LogP contribution >= 0.6 is 23.1 Å². The number of benzene rings is 1. The SMILES string of the molecule is O=C(Cn1cnc2sc3c(c2c1=O)CCC3)Nc1ccccc1SC(F)F. The van der Waals surface area contributed by atoms with Gasteiger partial charge in [0.25, 0.3) is 11.3 Å². The molecule has 3 aromatic rings. The average molecular weight is 407 g/mol. The number of anilines is 1. The van der Waals surface area contributed by atoms with E-state index in [1.807, 2.05) is 0 Å². The molecular formula is C18H15F2N3O2S2. The third kappa shape index (κ3) is 3.61. The second-order valence-corrected chi connectivity index (χ2v) is 8.25. The first-order valence-corrected chi connectivity index (χ1v) is 10.1. The van der Waals surface area contributed by atoms with Crippen molar-refractivity contribution < 1.29 is 13.6 Å². The molecule has 0 saturated heterocycles. The number of thioether (sulfide) groups is 1. The largest absolute Gasteiger partial charge is 0.324 e. The number of fused-ring (bicyclic) bond motifs is 3. The molecule has 0 bridgehead atoms. The molecule has 0 radical (unpaired) electrons. The molecule has 0 aliphatic heterocycles. The van der Waals surface area contributed by atoms with Gasteiger partial charge in [-0.2, -0.15) is 8.78 Å². The molecule has 2 aromatic heterocycles. The number of nitrogens with zero attached hydrogens (tertiary/aromatic N) is 2. The summed E-state index contributed by atoms with van der Waals surface area (Å²) in [6.07, 6.45) is 4.23. The molecule has 0 atom stereocenters. The van der Waals surface area contributed by atoms with Crippen molar-refractivity contribution in [3.63, 3.8) is 0 Å². The van der Waals surface area contributed by atoms with Crippen LogP contribution in [0.5, 0.6) is 0 Å². The minimum absolute atomic E-state index is 0.222. The molecule has 1 N–H and O–H groups in total. The Morgan fingerprint density at radius 1 is 1.33 bits per heavy atom. The Hall–Kier alpha value is -2.26. The minimum atomic E-state index is -2.59. The molecule has 1 aliphatic rings. The number of nitrogens with one attached hydrogen (secondary N) is 1. The second kappa shape index (κ2) is 7.40. The summed E-state index contributed by atoms with van der Waals surface area (Å²) in [4.78, 5) is 31.7. The summed E-state index contributed by atoms with van der Waals surface area (Å²) in [7, 11) is 0. The molecule has 140 valence electrons. The lowest BCUT2D eigenvalue weighted by atomic mass is 10.2. The molecule has 9 heteroatoms. The molecule has 1 amide bonds. The van der Waals surface area contributed by atoms with Crippen molar-refractivity contribution in [2.45, 2.75) is 36.5 Å². The lowest BCUT2D eigenvalue weighted by molar-refractivity contribution is -0.116. The van der Waals surface area contributed by atoms with Crippen molar-refractivity contribution in [2.75, 3.05) is 5.32 Å². The molecule has 0 unspecified atom stereocenters. The molecule has 2 heterocycles. The van der Waals surface area contributed by atoms with E-state index >= 15 is 0 Å². The van der Waals surface area contributed by atoms with Gasteiger partial charge in [0.1, 0.15) is 11.4 Å². The van der Waals surface area contributed by atoms with E-state index in [1.165, 1.54) is 33.2 Å². The van der Waals surface area contributed by atoms with Crippen LogP contribution < -0.4 is 10.9 Å². The molecule has 1 aromatic carbocycles. The van der Waals surface area contributed by atoms with Crippen molar-refractivity contribution in [1.29, 1.82) is 0 Å². The molecule has 1 aliphatic carbocycles. The number of amides is 1. The number of para-hydroxylation sites is 1. The Labute approximate surface area is 161 Å². The van der Waals surface area contributed by atoms with Gasteiger partial charge < -0.3 is 5.32 Å². The molecule has 5 nitrogen and oxygen atoms in total. The third-order valence-corrected chi connectivity index (χ3v) is 6.37. The van der Waals surface area contributed by atoms with Crippen molar-refractivity contribution in [3.05, 3.63) is 51.4 Å². The fourth-order valence-electron chi connectivity index (χ4n) is 3.25. The van der Waals surface area contributed by atoms with Crippen molar-refractivity contribution in [1.82, 2.24) is 9.55 Å². The Bertz CT molecular complexity index is 1080.